The minimum Gasteiger partial charge on any atom is -0.323 e. The molecule has 1 saturated carbocycles. The molecule has 0 radical (unpaired) electrons. The second kappa shape index (κ2) is 4.36. The number of nitrogens with one attached hydrogen (secondary N) is 1. The predicted molar refractivity (Wildman–Crippen MR) is 64.9 cm³/mol. The molecule has 2 aliphatic rings. The molecule has 0 spiro atoms. The van der Waals surface area contributed by atoms with Crippen LogP contribution in [-0.4, -0.2) is 29.1 Å². The van der Waals surface area contributed by atoms with E-state index in [1.54, 1.807) is 0 Å². The molecule has 92 valence electrons. The lowest BCUT2D eigenvalue weighted by atomic mass is 10.0. The summed E-state index contributed by atoms with van der Waals surface area (Å²) >= 11 is 0. The molecule has 0 aromatic carbocycles. The summed E-state index contributed by atoms with van der Waals surface area (Å²) in [7, 11) is 0. The Morgan fingerprint density at radius 3 is 2.44 bits per heavy atom. The summed E-state index contributed by atoms with van der Waals surface area (Å²) in [5.74, 6) is 1.37. The highest BCUT2D eigenvalue weighted by atomic mass is 16.2. The van der Waals surface area contributed by atoms with Gasteiger partial charge in [-0.25, -0.2) is 0 Å². The van der Waals surface area contributed by atoms with Crippen LogP contribution in [0.25, 0.3) is 0 Å². The van der Waals surface area contributed by atoms with Gasteiger partial charge in [-0.15, -0.1) is 0 Å². The van der Waals surface area contributed by atoms with E-state index >= 15 is 0 Å². The van der Waals surface area contributed by atoms with Gasteiger partial charge < -0.3 is 4.90 Å². The summed E-state index contributed by atoms with van der Waals surface area (Å²) in [6, 6.07) is 0.501. The first-order chi connectivity index (χ1) is 7.52. The summed E-state index contributed by atoms with van der Waals surface area (Å²) in [6.07, 6.45) is 3.94. The zero-order valence-electron chi connectivity index (χ0n) is 10.9. The van der Waals surface area contributed by atoms with Crippen LogP contribution in [0.5, 0.6) is 0 Å². The number of hydrogen-bond donors (Lipinski definition) is 1. The number of hydrogen-bond acceptors (Lipinski definition) is 2. The second-order valence-corrected chi connectivity index (χ2v) is 5.79. The van der Waals surface area contributed by atoms with E-state index in [4.69, 9.17) is 0 Å². The third kappa shape index (κ3) is 1.86. The first-order valence-corrected chi connectivity index (χ1v) is 6.60. The van der Waals surface area contributed by atoms with E-state index in [1.165, 1.54) is 19.3 Å². The van der Waals surface area contributed by atoms with Gasteiger partial charge in [-0.2, -0.15) is 0 Å². The Morgan fingerprint density at radius 2 is 2.00 bits per heavy atom. The van der Waals surface area contributed by atoms with Gasteiger partial charge in [0.2, 0.25) is 5.91 Å². The number of amides is 1. The van der Waals surface area contributed by atoms with Crippen molar-refractivity contribution in [2.45, 2.75) is 65.2 Å². The fraction of sp³-hybridized carbons (Fsp3) is 0.923. The van der Waals surface area contributed by atoms with Gasteiger partial charge in [-0.05, 0) is 31.6 Å². The minimum atomic E-state index is 0.0304. The van der Waals surface area contributed by atoms with E-state index in [2.05, 4.69) is 37.9 Å². The molecule has 3 heteroatoms. The summed E-state index contributed by atoms with van der Waals surface area (Å²) < 4.78 is 0. The molecule has 0 aromatic heterocycles. The maximum absolute atomic E-state index is 12.4. The van der Waals surface area contributed by atoms with Gasteiger partial charge in [0, 0.05) is 6.04 Å². The predicted octanol–water partition coefficient (Wildman–Crippen LogP) is 1.98. The standard InChI is InChI=1S/C13H24N2O/c1-8(2)12-13(16)15(10(4)14-12)11-7-5-6-9(11)3/h8-12,14H,5-7H2,1-4H3. The van der Waals surface area contributed by atoms with Crippen LogP contribution >= 0.6 is 0 Å². The fourth-order valence-corrected chi connectivity index (χ4v) is 3.23. The number of carbonyl (C=O) groups excluding carboxylic acids is 1. The molecule has 1 aliphatic carbocycles. The van der Waals surface area contributed by atoms with E-state index < -0.39 is 0 Å². The first-order valence-electron chi connectivity index (χ1n) is 6.60. The molecular weight excluding hydrogens is 200 g/mol. The van der Waals surface area contributed by atoms with Crippen molar-refractivity contribution in [3.8, 4) is 0 Å². The molecule has 2 rings (SSSR count). The van der Waals surface area contributed by atoms with Crippen LogP contribution in [0, 0.1) is 11.8 Å². The van der Waals surface area contributed by atoms with Gasteiger partial charge in [0.1, 0.15) is 0 Å². The van der Waals surface area contributed by atoms with E-state index in [0.717, 1.165) is 0 Å². The molecule has 4 atom stereocenters. The maximum atomic E-state index is 12.4. The number of rotatable bonds is 2. The Morgan fingerprint density at radius 1 is 1.31 bits per heavy atom. The molecule has 0 aromatic rings. The van der Waals surface area contributed by atoms with Crippen LogP contribution in [-0.2, 0) is 4.79 Å². The molecule has 1 N–H and O–H groups in total. The molecule has 4 unspecified atom stereocenters. The number of nitrogens with zero attached hydrogens (tertiary/aromatic N) is 1. The Balaban J connectivity index is 2.13. The smallest absolute Gasteiger partial charge is 0.241 e. The van der Waals surface area contributed by atoms with Crippen molar-refractivity contribution in [3.63, 3.8) is 0 Å². The molecule has 1 saturated heterocycles. The van der Waals surface area contributed by atoms with Crippen LogP contribution in [0.2, 0.25) is 0 Å². The largest absolute Gasteiger partial charge is 0.323 e. The summed E-state index contributed by atoms with van der Waals surface area (Å²) in [4.78, 5) is 14.5. The van der Waals surface area contributed by atoms with Crippen molar-refractivity contribution in [3.05, 3.63) is 0 Å². The SMILES string of the molecule is CC(C)C1NC(C)N(C2CCCC2C)C1=O. The highest BCUT2D eigenvalue weighted by molar-refractivity contribution is 5.84. The normalized spacial score (nSPS) is 40.1. The summed E-state index contributed by atoms with van der Waals surface area (Å²) in [5, 5.41) is 3.43. The Bertz CT molecular complexity index is 277. The molecular formula is C13H24N2O. The second-order valence-electron chi connectivity index (χ2n) is 5.79. The molecule has 1 heterocycles. The molecule has 16 heavy (non-hydrogen) atoms. The Labute approximate surface area is 98.6 Å². The van der Waals surface area contributed by atoms with Crippen molar-refractivity contribution in [2.24, 2.45) is 11.8 Å². The average molecular weight is 224 g/mol. The molecule has 2 fully saturated rings. The zero-order valence-corrected chi connectivity index (χ0v) is 10.9. The lowest BCUT2D eigenvalue weighted by molar-refractivity contribution is -0.133. The first kappa shape index (κ1) is 11.9. The van der Waals surface area contributed by atoms with E-state index in [-0.39, 0.29) is 12.2 Å². The van der Waals surface area contributed by atoms with Crippen LogP contribution in [0.4, 0.5) is 0 Å². The van der Waals surface area contributed by atoms with Crippen LogP contribution in [0.3, 0.4) is 0 Å². The minimum absolute atomic E-state index is 0.0304. The molecule has 1 aliphatic heterocycles. The van der Waals surface area contributed by atoms with Gasteiger partial charge in [-0.1, -0.05) is 27.2 Å². The van der Waals surface area contributed by atoms with Crippen molar-refractivity contribution < 1.29 is 4.79 Å². The zero-order chi connectivity index (χ0) is 11.9. The Kier molecular flexibility index (Phi) is 3.24. The van der Waals surface area contributed by atoms with Crippen molar-refractivity contribution in [1.29, 1.82) is 0 Å². The lowest BCUT2D eigenvalue weighted by Crippen LogP contribution is -2.44. The quantitative estimate of drug-likeness (QED) is 0.778. The van der Waals surface area contributed by atoms with Crippen LogP contribution in [0.15, 0.2) is 0 Å². The van der Waals surface area contributed by atoms with Crippen LogP contribution < -0.4 is 5.32 Å². The van der Waals surface area contributed by atoms with Crippen LogP contribution in [0.1, 0.15) is 47.0 Å². The van der Waals surface area contributed by atoms with Gasteiger partial charge in [0.05, 0.1) is 12.2 Å². The molecule has 1 amide bonds. The van der Waals surface area contributed by atoms with Gasteiger partial charge >= 0.3 is 0 Å². The summed E-state index contributed by atoms with van der Waals surface area (Å²) in [5.41, 5.74) is 0. The molecule has 0 bridgehead atoms. The number of carbonyl (C=O) groups is 1. The van der Waals surface area contributed by atoms with E-state index in [9.17, 15) is 4.79 Å². The Hall–Kier alpha value is -0.570. The van der Waals surface area contributed by atoms with Gasteiger partial charge in [-0.3, -0.25) is 10.1 Å². The summed E-state index contributed by atoms with van der Waals surface area (Å²) in [6.45, 7) is 8.62. The monoisotopic (exact) mass is 224 g/mol. The third-order valence-electron chi connectivity index (χ3n) is 4.20. The van der Waals surface area contributed by atoms with E-state index in [0.29, 0.717) is 23.8 Å². The fourth-order valence-electron chi connectivity index (χ4n) is 3.23. The van der Waals surface area contributed by atoms with E-state index in [1.807, 2.05) is 0 Å². The van der Waals surface area contributed by atoms with Gasteiger partial charge in [0.15, 0.2) is 0 Å². The third-order valence-corrected chi connectivity index (χ3v) is 4.20. The highest BCUT2D eigenvalue weighted by Crippen LogP contribution is 2.33. The van der Waals surface area contributed by atoms with Crippen molar-refractivity contribution in [1.82, 2.24) is 10.2 Å². The lowest BCUT2D eigenvalue weighted by Gasteiger charge is -2.31. The van der Waals surface area contributed by atoms with Crippen molar-refractivity contribution in [2.75, 3.05) is 0 Å². The molecule has 3 nitrogen and oxygen atoms in total. The topological polar surface area (TPSA) is 32.3 Å². The van der Waals surface area contributed by atoms with Crippen molar-refractivity contribution >= 4 is 5.91 Å². The van der Waals surface area contributed by atoms with Gasteiger partial charge in [0.25, 0.3) is 0 Å². The maximum Gasteiger partial charge on any atom is 0.241 e. The average Bonchev–Trinajstić information content (AvgIpc) is 2.71. The highest BCUT2D eigenvalue weighted by Gasteiger charge is 2.43.